The highest BCUT2D eigenvalue weighted by Gasteiger charge is 2.28. The first-order valence-electron chi connectivity index (χ1n) is 8.28. The van der Waals surface area contributed by atoms with Gasteiger partial charge in [0.05, 0.1) is 22.0 Å². The third kappa shape index (κ3) is 4.68. The first-order chi connectivity index (χ1) is 11.9. The van der Waals surface area contributed by atoms with Crippen molar-refractivity contribution in [2.75, 3.05) is 24.7 Å². The van der Waals surface area contributed by atoms with Crippen molar-refractivity contribution in [3.05, 3.63) is 23.7 Å². The molecule has 0 unspecified atom stereocenters. The molecule has 2 amide bonds. The largest absolute Gasteiger partial charge is 0.338 e. The number of rotatable bonds is 5. The van der Waals surface area contributed by atoms with Crippen LogP contribution in [0.1, 0.15) is 25.7 Å². The number of carbonyl (C=O) groups is 1. The number of nitrogens with zero attached hydrogens (tertiary/aromatic N) is 2. The van der Waals surface area contributed by atoms with Crippen LogP contribution in [0.4, 0.5) is 10.5 Å². The predicted octanol–water partition coefficient (Wildman–Crippen LogP) is 2.62. The SMILES string of the molecule is CS(=O)(=O)N1CCCC[C@H]1CCNC(=O)Nc1ccc2ncsc2c1. The lowest BCUT2D eigenvalue weighted by molar-refractivity contribution is 0.235. The first kappa shape index (κ1) is 18.1. The zero-order chi connectivity index (χ0) is 17.9. The Morgan fingerprint density at radius 3 is 3.04 bits per heavy atom. The monoisotopic (exact) mass is 382 g/mol. The molecule has 25 heavy (non-hydrogen) atoms. The molecule has 2 aromatic rings. The summed E-state index contributed by atoms with van der Waals surface area (Å²) >= 11 is 1.52. The molecule has 9 heteroatoms. The summed E-state index contributed by atoms with van der Waals surface area (Å²) in [6, 6.07) is 5.25. The molecule has 1 aliphatic heterocycles. The number of amides is 2. The summed E-state index contributed by atoms with van der Waals surface area (Å²) < 4.78 is 26.3. The minimum atomic E-state index is -3.19. The highest BCUT2D eigenvalue weighted by Crippen LogP contribution is 2.23. The minimum Gasteiger partial charge on any atom is -0.338 e. The Labute approximate surface area is 151 Å². The zero-order valence-corrected chi connectivity index (χ0v) is 15.7. The normalized spacial score (nSPS) is 19.0. The van der Waals surface area contributed by atoms with E-state index >= 15 is 0 Å². The molecule has 2 N–H and O–H groups in total. The molecule has 1 aromatic heterocycles. The van der Waals surface area contributed by atoms with Gasteiger partial charge in [0.2, 0.25) is 10.0 Å². The molecular formula is C16H22N4O3S2. The maximum absolute atomic E-state index is 12.0. The average Bonchev–Trinajstić information content (AvgIpc) is 3.02. The molecule has 0 spiro atoms. The van der Waals surface area contributed by atoms with Crippen molar-refractivity contribution < 1.29 is 13.2 Å². The summed E-state index contributed by atoms with van der Waals surface area (Å²) in [6.45, 7) is 1.01. The number of thiazole rings is 1. The van der Waals surface area contributed by atoms with Crippen LogP contribution in [-0.2, 0) is 10.0 Å². The van der Waals surface area contributed by atoms with Crippen LogP contribution in [0.25, 0.3) is 10.2 Å². The van der Waals surface area contributed by atoms with E-state index < -0.39 is 10.0 Å². The number of piperidine rings is 1. The highest BCUT2D eigenvalue weighted by atomic mass is 32.2. The maximum Gasteiger partial charge on any atom is 0.319 e. The van der Waals surface area contributed by atoms with Gasteiger partial charge in [0.1, 0.15) is 0 Å². The molecule has 1 aliphatic rings. The molecule has 7 nitrogen and oxygen atoms in total. The average molecular weight is 383 g/mol. The molecular weight excluding hydrogens is 360 g/mol. The number of hydrogen-bond donors (Lipinski definition) is 2. The fourth-order valence-corrected chi connectivity index (χ4v) is 5.09. The Kier molecular flexibility index (Phi) is 5.55. The number of aromatic nitrogens is 1. The fourth-order valence-electron chi connectivity index (χ4n) is 3.16. The van der Waals surface area contributed by atoms with Crippen molar-refractivity contribution in [1.82, 2.24) is 14.6 Å². The Morgan fingerprint density at radius 2 is 2.24 bits per heavy atom. The zero-order valence-electron chi connectivity index (χ0n) is 14.1. The molecule has 1 aromatic carbocycles. The van der Waals surface area contributed by atoms with E-state index in [2.05, 4.69) is 15.6 Å². The number of fused-ring (bicyclic) bond motifs is 1. The van der Waals surface area contributed by atoms with E-state index in [-0.39, 0.29) is 12.1 Å². The second-order valence-electron chi connectivity index (χ2n) is 6.23. The van der Waals surface area contributed by atoms with Gasteiger partial charge in [-0.05, 0) is 37.5 Å². The summed E-state index contributed by atoms with van der Waals surface area (Å²) in [7, 11) is -3.19. The summed E-state index contributed by atoms with van der Waals surface area (Å²) in [5.41, 5.74) is 3.39. The van der Waals surface area contributed by atoms with Crippen LogP contribution in [0, 0.1) is 0 Å². The van der Waals surface area contributed by atoms with Gasteiger partial charge in [0.25, 0.3) is 0 Å². The Balaban J connectivity index is 1.50. The van der Waals surface area contributed by atoms with E-state index in [1.165, 1.54) is 17.6 Å². The second-order valence-corrected chi connectivity index (χ2v) is 9.05. The molecule has 1 saturated heterocycles. The maximum atomic E-state index is 12.0. The van der Waals surface area contributed by atoms with E-state index in [4.69, 9.17) is 0 Å². The van der Waals surface area contributed by atoms with Crippen LogP contribution >= 0.6 is 11.3 Å². The van der Waals surface area contributed by atoms with Crippen LogP contribution in [0.15, 0.2) is 23.7 Å². The van der Waals surface area contributed by atoms with Gasteiger partial charge in [-0.2, -0.15) is 4.31 Å². The van der Waals surface area contributed by atoms with Gasteiger partial charge < -0.3 is 10.6 Å². The summed E-state index contributed by atoms with van der Waals surface area (Å²) in [6.07, 6.45) is 4.64. The van der Waals surface area contributed by atoms with Crippen LogP contribution in [0.5, 0.6) is 0 Å². The standard InChI is InChI=1S/C16H22N4O3S2/c1-25(22,23)20-9-3-2-4-13(20)7-8-17-16(21)19-12-5-6-14-15(10-12)24-11-18-14/h5-6,10-11,13H,2-4,7-9H2,1H3,(H2,17,19,21)/t13-/m0/s1. The number of anilines is 1. The molecule has 0 aliphatic carbocycles. The lowest BCUT2D eigenvalue weighted by Crippen LogP contribution is -2.44. The fraction of sp³-hybridized carbons (Fsp3) is 0.500. The summed E-state index contributed by atoms with van der Waals surface area (Å²) in [4.78, 5) is 16.2. The van der Waals surface area contributed by atoms with E-state index in [0.29, 0.717) is 25.2 Å². The predicted molar refractivity (Wildman–Crippen MR) is 100 cm³/mol. The highest BCUT2D eigenvalue weighted by molar-refractivity contribution is 7.88. The second kappa shape index (κ2) is 7.67. The first-order valence-corrected chi connectivity index (χ1v) is 11.0. The molecule has 2 heterocycles. The third-order valence-electron chi connectivity index (χ3n) is 4.35. The van der Waals surface area contributed by atoms with E-state index in [1.54, 1.807) is 9.82 Å². The Hall–Kier alpha value is -1.71. The topological polar surface area (TPSA) is 91.4 Å². The molecule has 3 rings (SSSR count). The van der Waals surface area contributed by atoms with Crippen LogP contribution in [-0.4, -0.2) is 49.1 Å². The van der Waals surface area contributed by atoms with Gasteiger partial charge in [0, 0.05) is 24.8 Å². The number of carbonyl (C=O) groups excluding carboxylic acids is 1. The van der Waals surface area contributed by atoms with Gasteiger partial charge in [-0.1, -0.05) is 6.42 Å². The summed E-state index contributed by atoms with van der Waals surface area (Å²) in [5, 5.41) is 5.61. The number of sulfonamides is 1. The van der Waals surface area contributed by atoms with E-state index in [9.17, 15) is 13.2 Å². The number of hydrogen-bond acceptors (Lipinski definition) is 5. The summed E-state index contributed by atoms with van der Waals surface area (Å²) in [5.74, 6) is 0. The number of urea groups is 1. The molecule has 0 saturated carbocycles. The van der Waals surface area contributed by atoms with Gasteiger partial charge in [-0.25, -0.2) is 18.2 Å². The van der Waals surface area contributed by atoms with Crippen molar-refractivity contribution >= 4 is 43.3 Å². The van der Waals surface area contributed by atoms with Crippen molar-refractivity contribution in [1.29, 1.82) is 0 Å². The molecule has 1 atom stereocenters. The smallest absolute Gasteiger partial charge is 0.319 e. The number of nitrogens with one attached hydrogen (secondary N) is 2. The minimum absolute atomic E-state index is 0.0300. The molecule has 1 fully saturated rings. The van der Waals surface area contributed by atoms with Gasteiger partial charge in [-0.3, -0.25) is 0 Å². The van der Waals surface area contributed by atoms with E-state index in [1.807, 2.05) is 18.2 Å². The quantitative estimate of drug-likeness (QED) is 0.831. The van der Waals surface area contributed by atoms with Crippen LogP contribution in [0.2, 0.25) is 0 Å². The van der Waals surface area contributed by atoms with Crippen molar-refractivity contribution in [3.63, 3.8) is 0 Å². The Bertz CT molecular complexity index is 850. The lowest BCUT2D eigenvalue weighted by Gasteiger charge is -2.33. The van der Waals surface area contributed by atoms with Crippen molar-refractivity contribution in [3.8, 4) is 0 Å². The van der Waals surface area contributed by atoms with Gasteiger partial charge >= 0.3 is 6.03 Å². The van der Waals surface area contributed by atoms with Gasteiger partial charge in [-0.15, -0.1) is 11.3 Å². The molecule has 0 radical (unpaired) electrons. The van der Waals surface area contributed by atoms with E-state index in [0.717, 1.165) is 29.5 Å². The lowest BCUT2D eigenvalue weighted by atomic mass is 10.0. The van der Waals surface area contributed by atoms with Crippen molar-refractivity contribution in [2.45, 2.75) is 31.7 Å². The molecule has 0 bridgehead atoms. The van der Waals surface area contributed by atoms with Crippen LogP contribution in [0.3, 0.4) is 0 Å². The van der Waals surface area contributed by atoms with Crippen LogP contribution < -0.4 is 10.6 Å². The van der Waals surface area contributed by atoms with Crippen molar-refractivity contribution in [2.24, 2.45) is 0 Å². The number of benzene rings is 1. The Morgan fingerprint density at radius 1 is 1.40 bits per heavy atom. The molecule has 136 valence electrons. The van der Waals surface area contributed by atoms with Gasteiger partial charge in [0.15, 0.2) is 0 Å². The third-order valence-corrected chi connectivity index (χ3v) is 6.48.